The Morgan fingerprint density at radius 1 is 1.16 bits per heavy atom. The molecule has 4 nitrogen and oxygen atoms in total. The summed E-state index contributed by atoms with van der Waals surface area (Å²) < 4.78 is 0. The van der Waals surface area contributed by atoms with Gasteiger partial charge in [0.05, 0.1) is 16.8 Å². The van der Waals surface area contributed by atoms with E-state index in [2.05, 4.69) is 28.5 Å². The van der Waals surface area contributed by atoms with Crippen LogP contribution in [-0.4, -0.2) is 37.6 Å². The number of rotatable bonds is 3. The second-order valence-electron chi connectivity index (χ2n) is 4.50. The zero-order valence-corrected chi connectivity index (χ0v) is 10.8. The Bertz CT molecular complexity index is 542. The molecule has 0 unspecified atom stereocenters. The maximum Gasteiger partial charge on any atom is 0.103 e. The van der Waals surface area contributed by atoms with Gasteiger partial charge in [-0.2, -0.15) is 10.5 Å². The fraction of sp³-hybridized carbons (Fsp3) is 0.333. The van der Waals surface area contributed by atoms with Crippen molar-refractivity contribution in [2.45, 2.75) is 0 Å². The van der Waals surface area contributed by atoms with E-state index in [-0.39, 0.29) is 0 Å². The Hall–Kier alpha value is -2.30. The number of benzene rings is 1. The van der Waals surface area contributed by atoms with Crippen LogP contribution >= 0.6 is 0 Å². The van der Waals surface area contributed by atoms with Crippen molar-refractivity contribution in [3.8, 4) is 12.1 Å². The highest BCUT2D eigenvalue weighted by molar-refractivity contribution is 5.65. The van der Waals surface area contributed by atoms with Gasteiger partial charge < -0.3 is 4.90 Å². The highest BCUT2D eigenvalue weighted by atomic mass is 15.3. The van der Waals surface area contributed by atoms with E-state index in [1.54, 1.807) is 6.07 Å². The average molecular weight is 252 g/mol. The lowest BCUT2D eigenvalue weighted by atomic mass is 10.1. The smallest absolute Gasteiger partial charge is 0.103 e. The van der Waals surface area contributed by atoms with Crippen LogP contribution in [0.25, 0.3) is 0 Å². The minimum absolute atomic E-state index is 0.452. The maximum absolute atomic E-state index is 9.25. The van der Waals surface area contributed by atoms with E-state index in [1.165, 1.54) is 0 Å². The lowest BCUT2D eigenvalue weighted by molar-refractivity contribution is 0.284. The van der Waals surface area contributed by atoms with Gasteiger partial charge in [0.2, 0.25) is 0 Å². The molecule has 1 aliphatic heterocycles. The molecule has 19 heavy (non-hydrogen) atoms. The molecular weight excluding hydrogens is 236 g/mol. The number of nitrogens with zero attached hydrogens (tertiary/aromatic N) is 4. The van der Waals surface area contributed by atoms with Crippen LogP contribution in [0.15, 0.2) is 30.9 Å². The van der Waals surface area contributed by atoms with Crippen molar-refractivity contribution in [2.75, 3.05) is 37.6 Å². The van der Waals surface area contributed by atoms with Gasteiger partial charge in [0.15, 0.2) is 0 Å². The molecule has 2 rings (SSSR count). The van der Waals surface area contributed by atoms with Gasteiger partial charge in [0, 0.05) is 32.7 Å². The predicted molar refractivity (Wildman–Crippen MR) is 74.7 cm³/mol. The summed E-state index contributed by atoms with van der Waals surface area (Å²) in [5.74, 6) is 0. The van der Waals surface area contributed by atoms with Crippen molar-refractivity contribution in [1.29, 1.82) is 10.5 Å². The minimum Gasteiger partial charge on any atom is -0.368 e. The second-order valence-corrected chi connectivity index (χ2v) is 4.50. The third-order valence-corrected chi connectivity index (χ3v) is 3.37. The summed E-state index contributed by atoms with van der Waals surface area (Å²) in [7, 11) is 0. The summed E-state index contributed by atoms with van der Waals surface area (Å²) in [5, 5.41) is 18.3. The Labute approximate surface area is 113 Å². The lowest BCUT2D eigenvalue weighted by Crippen LogP contribution is -2.46. The van der Waals surface area contributed by atoms with Crippen molar-refractivity contribution in [1.82, 2.24) is 4.90 Å². The van der Waals surface area contributed by atoms with Crippen molar-refractivity contribution in [3.05, 3.63) is 42.0 Å². The molecule has 1 aromatic carbocycles. The predicted octanol–water partition coefficient (Wildman–Crippen LogP) is 1.74. The number of hydrogen-bond donors (Lipinski definition) is 0. The van der Waals surface area contributed by atoms with Gasteiger partial charge in [-0.3, -0.25) is 4.90 Å². The van der Waals surface area contributed by atoms with Gasteiger partial charge in [0.25, 0.3) is 0 Å². The van der Waals surface area contributed by atoms with Gasteiger partial charge in [-0.1, -0.05) is 12.1 Å². The van der Waals surface area contributed by atoms with Crippen molar-refractivity contribution >= 4 is 5.69 Å². The summed E-state index contributed by atoms with van der Waals surface area (Å²) in [6, 6.07) is 9.68. The van der Waals surface area contributed by atoms with Gasteiger partial charge in [-0.15, -0.1) is 6.58 Å². The first-order valence-corrected chi connectivity index (χ1v) is 6.31. The standard InChI is InChI=1S/C15H16N4/c1-2-6-18-7-9-19(10-8-18)15-5-3-4-13(11-16)14(15)12-17/h2-5H,1,6-10H2. The number of anilines is 1. The molecule has 0 amide bonds. The Morgan fingerprint density at radius 2 is 1.89 bits per heavy atom. The second kappa shape index (κ2) is 6.04. The maximum atomic E-state index is 9.25. The zero-order chi connectivity index (χ0) is 13.7. The molecule has 0 saturated carbocycles. The summed E-state index contributed by atoms with van der Waals surface area (Å²) in [6.07, 6.45) is 1.91. The molecule has 0 radical (unpaired) electrons. The van der Waals surface area contributed by atoms with Crippen molar-refractivity contribution < 1.29 is 0 Å². The molecule has 0 bridgehead atoms. The molecule has 1 aromatic rings. The lowest BCUT2D eigenvalue weighted by Gasteiger charge is -2.36. The normalized spacial score (nSPS) is 15.6. The van der Waals surface area contributed by atoms with Crippen molar-refractivity contribution in [2.24, 2.45) is 0 Å². The third-order valence-electron chi connectivity index (χ3n) is 3.37. The van der Waals surface area contributed by atoms with Gasteiger partial charge in [-0.05, 0) is 12.1 Å². The first-order valence-electron chi connectivity index (χ1n) is 6.31. The summed E-state index contributed by atoms with van der Waals surface area (Å²) in [5.41, 5.74) is 1.82. The molecule has 0 N–H and O–H groups in total. The molecule has 1 heterocycles. The zero-order valence-electron chi connectivity index (χ0n) is 10.8. The Kier molecular flexibility index (Phi) is 4.18. The van der Waals surface area contributed by atoms with E-state index in [9.17, 15) is 5.26 Å². The van der Waals surface area contributed by atoms with Crippen LogP contribution in [0.2, 0.25) is 0 Å². The topological polar surface area (TPSA) is 54.1 Å². The minimum atomic E-state index is 0.452. The van der Waals surface area contributed by atoms with Crippen LogP contribution in [0.3, 0.4) is 0 Å². The monoisotopic (exact) mass is 252 g/mol. The van der Waals surface area contributed by atoms with E-state index in [0.717, 1.165) is 38.4 Å². The SMILES string of the molecule is C=CCN1CCN(c2cccc(C#N)c2C#N)CC1. The molecule has 0 aromatic heterocycles. The van der Waals surface area contributed by atoms with Gasteiger partial charge >= 0.3 is 0 Å². The summed E-state index contributed by atoms with van der Waals surface area (Å²) in [4.78, 5) is 4.50. The van der Waals surface area contributed by atoms with E-state index in [1.807, 2.05) is 18.2 Å². The van der Waals surface area contributed by atoms with Crippen LogP contribution in [0, 0.1) is 22.7 Å². The highest BCUT2D eigenvalue weighted by Crippen LogP contribution is 2.24. The number of nitriles is 2. The molecule has 0 atom stereocenters. The molecule has 0 aliphatic carbocycles. The quantitative estimate of drug-likeness (QED) is 0.769. The molecular formula is C15H16N4. The largest absolute Gasteiger partial charge is 0.368 e. The Balaban J connectivity index is 2.19. The summed E-state index contributed by atoms with van der Waals surface area (Å²) >= 11 is 0. The summed E-state index contributed by atoms with van der Waals surface area (Å²) in [6.45, 7) is 8.30. The number of piperazine rings is 1. The van der Waals surface area contributed by atoms with Crippen LogP contribution in [0.1, 0.15) is 11.1 Å². The third kappa shape index (κ3) is 2.76. The fourth-order valence-corrected chi connectivity index (χ4v) is 2.37. The molecule has 1 aliphatic rings. The molecule has 1 fully saturated rings. The van der Waals surface area contributed by atoms with Crippen LogP contribution in [0.4, 0.5) is 5.69 Å². The first-order chi connectivity index (χ1) is 9.30. The highest BCUT2D eigenvalue weighted by Gasteiger charge is 2.19. The molecule has 96 valence electrons. The van der Waals surface area contributed by atoms with Crippen LogP contribution < -0.4 is 4.90 Å². The number of hydrogen-bond acceptors (Lipinski definition) is 4. The molecule has 4 heteroatoms. The van der Waals surface area contributed by atoms with Gasteiger partial charge in [0.1, 0.15) is 12.1 Å². The van der Waals surface area contributed by atoms with E-state index in [4.69, 9.17) is 5.26 Å². The average Bonchev–Trinajstić information content (AvgIpc) is 2.47. The van der Waals surface area contributed by atoms with Crippen molar-refractivity contribution in [3.63, 3.8) is 0 Å². The molecule has 1 saturated heterocycles. The Morgan fingerprint density at radius 3 is 2.47 bits per heavy atom. The molecule has 0 spiro atoms. The van der Waals surface area contributed by atoms with E-state index in [0.29, 0.717) is 11.1 Å². The van der Waals surface area contributed by atoms with E-state index < -0.39 is 0 Å². The van der Waals surface area contributed by atoms with Gasteiger partial charge in [-0.25, -0.2) is 0 Å². The fourth-order valence-electron chi connectivity index (χ4n) is 2.37. The van der Waals surface area contributed by atoms with Crippen LogP contribution in [0.5, 0.6) is 0 Å². The first kappa shape index (κ1) is 13.1. The van der Waals surface area contributed by atoms with E-state index >= 15 is 0 Å². The van der Waals surface area contributed by atoms with Crippen LogP contribution in [-0.2, 0) is 0 Å².